The van der Waals surface area contributed by atoms with Crippen LogP contribution in [-0.4, -0.2) is 43.7 Å². The Morgan fingerprint density at radius 1 is 1.39 bits per heavy atom. The maximum Gasteiger partial charge on any atom is 0.213 e. The van der Waals surface area contributed by atoms with Gasteiger partial charge in [0.15, 0.2) is 0 Å². The first-order valence-corrected chi connectivity index (χ1v) is 6.60. The summed E-state index contributed by atoms with van der Waals surface area (Å²) >= 11 is 0. The zero-order valence-electron chi connectivity index (χ0n) is 11.9. The number of nitrogens with one attached hydrogen (secondary N) is 1. The number of pyridine rings is 1. The first-order chi connectivity index (χ1) is 8.63. The molecule has 1 aromatic heterocycles. The minimum Gasteiger partial charge on any atom is -0.476 e. The molecule has 0 spiro atoms. The number of ether oxygens (including phenoxy) is 1. The van der Waals surface area contributed by atoms with Crippen molar-refractivity contribution in [3.8, 4) is 5.88 Å². The lowest BCUT2D eigenvalue weighted by atomic mass is 10.1. The minimum absolute atomic E-state index is 0.341. The van der Waals surface area contributed by atoms with Crippen molar-refractivity contribution in [2.24, 2.45) is 0 Å². The van der Waals surface area contributed by atoms with Gasteiger partial charge in [-0.15, -0.1) is 0 Å². The van der Waals surface area contributed by atoms with E-state index in [1.807, 2.05) is 26.4 Å². The highest BCUT2D eigenvalue weighted by molar-refractivity contribution is 5.20. The normalized spacial score (nSPS) is 12.7. The molecule has 0 aromatic carbocycles. The Kier molecular flexibility index (Phi) is 6.68. The molecule has 0 fully saturated rings. The predicted octanol–water partition coefficient (Wildman–Crippen LogP) is 2.08. The summed E-state index contributed by atoms with van der Waals surface area (Å²) in [5.74, 6) is 0.697. The van der Waals surface area contributed by atoms with E-state index in [-0.39, 0.29) is 0 Å². The number of rotatable bonds is 8. The molecule has 1 heterocycles. The molecule has 1 N–H and O–H groups in total. The second-order valence-electron chi connectivity index (χ2n) is 4.76. The fourth-order valence-corrected chi connectivity index (χ4v) is 1.54. The number of aromatic nitrogens is 1. The Balaban J connectivity index is 2.41. The molecule has 1 rings (SSSR count). The summed E-state index contributed by atoms with van der Waals surface area (Å²) in [6, 6.07) is 4.36. The molecular weight excluding hydrogens is 226 g/mol. The third kappa shape index (κ3) is 5.47. The second kappa shape index (κ2) is 8.06. The van der Waals surface area contributed by atoms with Crippen LogP contribution in [0.4, 0.5) is 0 Å². The Labute approximate surface area is 110 Å². The van der Waals surface area contributed by atoms with E-state index in [0.717, 1.165) is 19.5 Å². The van der Waals surface area contributed by atoms with Gasteiger partial charge < -0.3 is 15.0 Å². The van der Waals surface area contributed by atoms with Gasteiger partial charge in [0.25, 0.3) is 0 Å². The van der Waals surface area contributed by atoms with Crippen molar-refractivity contribution < 1.29 is 4.74 Å². The third-order valence-corrected chi connectivity index (χ3v) is 2.75. The molecule has 0 amide bonds. The van der Waals surface area contributed by atoms with Crippen molar-refractivity contribution in [3.05, 3.63) is 23.9 Å². The summed E-state index contributed by atoms with van der Waals surface area (Å²) in [7, 11) is 4.06. The zero-order valence-corrected chi connectivity index (χ0v) is 11.9. The maximum atomic E-state index is 5.56. The predicted molar refractivity (Wildman–Crippen MR) is 75.0 cm³/mol. The summed E-state index contributed by atoms with van der Waals surface area (Å²) in [4.78, 5) is 6.41. The van der Waals surface area contributed by atoms with Crippen LogP contribution in [0.1, 0.15) is 31.9 Å². The lowest BCUT2D eigenvalue weighted by Gasteiger charge is -2.14. The number of hydrogen-bond donors (Lipinski definition) is 1. The topological polar surface area (TPSA) is 37.4 Å². The molecule has 18 heavy (non-hydrogen) atoms. The molecule has 0 radical (unpaired) electrons. The molecule has 0 aliphatic carbocycles. The Bertz CT molecular complexity index is 324. The van der Waals surface area contributed by atoms with E-state index in [1.165, 1.54) is 5.56 Å². The monoisotopic (exact) mass is 251 g/mol. The van der Waals surface area contributed by atoms with E-state index < -0.39 is 0 Å². The van der Waals surface area contributed by atoms with Crippen molar-refractivity contribution in [2.45, 2.75) is 26.3 Å². The SMILES string of the molecule is CCCNC(C)c1ccc(OCCN(C)C)nc1. The number of likely N-dealkylation sites (N-methyl/N-ethyl adjacent to an activating group) is 1. The van der Waals surface area contributed by atoms with Crippen LogP contribution < -0.4 is 10.1 Å². The molecule has 1 atom stereocenters. The van der Waals surface area contributed by atoms with Gasteiger partial charge in [-0.1, -0.05) is 13.0 Å². The lowest BCUT2D eigenvalue weighted by Crippen LogP contribution is -2.20. The van der Waals surface area contributed by atoms with Crippen LogP contribution in [0.3, 0.4) is 0 Å². The van der Waals surface area contributed by atoms with Crippen LogP contribution in [0.15, 0.2) is 18.3 Å². The summed E-state index contributed by atoms with van der Waals surface area (Å²) < 4.78 is 5.56. The Morgan fingerprint density at radius 3 is 2.72 bits per heavy atom. The molecule has 0 saturated heterocycles. The second-order valence-corrected chi connectivity index (χ2v) is 4.76. The van der Waals surface area contributed by atoms with Crippen molar-refractivity contribution >= 4 is 0 Å². The Morgan fingerprint density at radius 2 is 2.17 bits per heavy atom. The Hall–Kier alpha value is -1.13. The first-order valence-electron chi connectivity index (χ1n) is 6.60. The molecule has 0 aliphatic heterocycles. The zero-order chi connectivity index (χ0) is 13.4. The highest BCUT2D eigenvalue weighted by Gasteiger charge is 2.05. The van der Waals surface area contributed by atoms with Gasteiger partial charge in [0.2, 0.25) is 5.88 Å². The largest absolute Gasteiger partial charge is 0.476 e. The van der Waals surface area contributed by atoms with Crippen molar-refractivity contribution in [2.75, 3.05) is 33.8 Å². The number of hydrogen-bond acceptors (Lipinski definition) is 4. The van der Waals surface area contributed by atoms with E-state index in [2.05, 4.69) is 35.1 Å². The highest BCUT2D eigenvalue weighted by Crippen LogP contribution is 2.14. The molecular formula is C14H25N3O. The molecule has 102 valence electrons. The van der Waals surface area contributed by atoms with Crippen molar-refractivity contribution in [1.29, 1.82) is 0 Å². The standard InChI is InChI=1S/C14H25N3O/c1-5-8-15-12(2)13-6-7-14(16-11-13)18-10-9-17(3)4/h6-7,11-12,15H,5,8-10H2,1-4H3. The van der Waals surface area contributed by atoms with Gasteiger partial charge in [0.1, 0.15) is 6.61 Å². The summed E-state index contributed by atoms with van der Waals surface area (Å²) in [6.07, 6.45) is 3.03. The van der Waals surface area contributed by atoms with E-state index >= 15 is 0 Å². The maximum absolute atomic E-state index is 5.56. The van der Waals surface area contributed by atoms with Crippen molar-refractivity contribution in [3.63, 3.8) is 0 Å². The van der Waals surface area contributed by atoms with Crippen LogP contribution in [0.25, 0.3) is 0 Å². The summed E-state index contributed by atoms with van der Waals surface area (Å²) in [5, 5.41) is 3.44. The average molecular weight is 251 g/mol. The summed E-state index contributed by atoms with van der Waals surface area (Å²) in [5.41, 5.74) is 1.20. The van der Waals surface area contributed by atoms with Crippen LogP contribution in [0.5, 0.6) is 5.88 Å². The van der Waals surface area contributed by atoms with E-state index in [4.69, 9.17) is 4.74 Å². The first kappa shape index (κ1) is 14.9. The molecule has 4 nitrogen and oxygen atoms in total. The van der Waals surface area contributed by atoms with Crippen LogP contribution in [-0.2, 0) is 0 Å². The minimum atomic E-state index is 0.341. The van der Waals surface area contributed by atoms with E-state index in [9.17, 15) is 0 Å². The summed E-state index contributed by atoms with van der Waals surface area (Å²) in [6.45, 7) is 6.92. The number of nitrogens with zero attached hydrogens (tertiary/aromatic N) is 2. The molecule has 0 aliphatic rings. The lowest BCUT2D eigenvalue weighted by molar-refractivity contribution is 0.253. The van der Waals surface area contributed by atoms with E-state index in [1.54, 1.807) is 0 Å². The van der Waals surface area contributed by atoms with Crippen LogP contribution in [0.2, 0.25) is 0 Å². The van der Waals surface area contributed by atoms with Crippen molar-refractivity contribution in [1.82, 2.24) is 15.2 Å². The third-order valence-electron chi connectivity index (χ3n) is 2.75. The fourth-order valence-electron chi connectivity index (χ4n) is 1.54. The molecule has 1 aromatic rings. The molecule has 0 bridgehead atoms. The molecule has 4 heteroatoms. The quantitative estimate of drug-likeness (QED) is 0.767. The smallest absolute Gasteiger partial charge is 0.213 e. The van der Waals surface area contributed by atoms with Gasteiger partial charge in [0.05, 0.1) is 0 Å². The van der Waals surface area contributed by atoms with Gasteiger partial charge >= 0.3 is 0 Å². The average Bonchev–Trinajstić information content (AvgIpc) is 2.36. The van der Waals surface area contributed by atoms with Gasteiger partial charge in [0, 0.05) is 24.8 Å². The highest BCUT2D eigenvalue weighted by atomic mass is 16.5. The van der Waals surface area contributed by atoms with Gasteiger partial charge in [-0.25, -0.2) is 4.98 Å². The van der Waals surface area contributed by atoms with Gasteiger partial charge in [-0.2, -0.15) is 0 Å². The van der Waals surface area contributed by atoms with Gasteiger partial charge in [-0.3, -0.25) is 0 Å². The van der Waals surface area contributed by atoms with E-state index in [0.29, 0.717) is 18.5 Å². The molecule has 1 unspecified atom stereocenters. The van der Waals surface area contributed by atoms with Crippen LogP contribution in [0, 0.1) is 0 Å². The molecule has 0 saturated carbocycles. The van der Waals surface area contributed by atoms with Crippen LogP contribution >= 0.6 is 0 Å². The fraction of sp³-hybridized carbons (Fsp3) is 0.643. The van der Waals surface area contributed by atoms with Gasteiger partial charge in [-0.05, 0) is 39.5 Å².